The van der Waals surface area contributed by atoms with Crippen LogP contribution in [0.25, 0.3) is 0 Å². The number of benzene rings is 1. The summed E-state index contributed by atoms with van der Waals surface area (Å²) in [6.07, 6.45) is 5.08. The Kier molecular flexibility index (Phi) is 4.98. The van der Waals surface area contributed by atoms with Crippen molar-refractivity contribution < 1.29 is 4.74 Å². The molecule has 0 saturated heterocycles. The van der Waals surface area contributed by atoms with Crippen LogP contribution >= 0.6 is 0 Å². The molecule has 4 heteroatoms. The lowest BCUT2D eigenvalue weighted by Gasteiger charge is -2.15. The summed E-state index contributed by atoms with van der Waals surface area (Å²) in [6, 6.07) is 10.0. The van der Waals surface area contributed by atoms with E-state index in [1.54, 1.807) is 0 Å². The van der Waals surface area contributed by atoms with Gasteiger partial charge in [-0.1, -0.05) is 25.1 Å². The van der Waals surface area contributed by atoms with E-state index in [1.165, 1.54) is 0 Å². The predicted molar refractivity (Wildman–Crippen MR) is 76.3 cm³/mol. The molecule has 0 radical (unpaired) electrons. The summed E-state index contributed by atoms with van der Waals surface area (Å²) in [4.78, 5) is 0. The molecule has 1 unspecified atom stereocenters. The number of nitrogens with zero attached hydrogens (tertiary/aromatic N) is 2. The second-order valence-electron chi connectivity index (χ2n) is 4.50. The topological polar surface area (TPSA) is 39.1 Å². The molecule has 4 nitrogen and oxygen atoms in total. The van der Waals surface area contributed by atoms with Gasteiger partial charge >= 0.3 is 0 Å². The summed E-state index contributed by atoms with van der Waals surface area (Å²) in [5, 5.41) is 7.62. The highest BCUT2D eigenvalue weighted by molar-refractivity contribution is 5.21. The van der Waals surface area contributed by atoms with Gasteiger partial charge in [-0.2, -0.15) is 5.10 Å². The summed E-state index contributed by atoms with van der Waals surface area (Å²) in [5.41, 5.74) is 1.16. The molecule has 1 aromatic carbocycles. The van der Waals surface area contributed by atoms with E-state index in [0.717, 1.165) is 24.3 Å². The normalized spacial score (nSPS) is 12.3. The molecule has 19 heavy (non-hydrogen) atoms. The van der Waals surface area contributed by atoms with E-state index in [0.29, 0.717) is 6.61 Å². The Morgan fingerprint density at radius 3 is 2.79 bits per heavy atom. The Balaban J connectivity index is 1.95. The van der Waals surface area contributed by atoms with Crippen LogP contribution in [0.3, 0.4) is 0 Å². The van der Waals surface area contributed by atoms with Crippen LogP contribution in [-0.4, -0.2) is 23.4 Å². The van der Waals surface area contributed by atoms with Gasteiger partial charge in [-0.15, -0.1) is 0 Å². The molecule has 1 N–H and O–H groups in total. The van der Waals surface area contributed by atoms with Crippen molar-refractivity contribution in [2.24, 2.45) is 0 Å². The minimum atomic E-state index is 0.158. The van der Waals surface area contributed by atoms with Gasteiger partial charge in [0, 0.05) is 18.3 Å². The van der Waals surface area contributed by atoms with Crippen LogP contribution in [0.2, 0.25) is 0 Å². The van der Waals surface area contributed by atoms with Crippen LogP contribution in [-0.2, 0) is 6.54 Å². The van der Waals surface area contributed by atoms with E-state index in [1.807, 2.05) is 48.3 Å². The first-order valence-corrected chi connectivity index (χ1v) is 6.71. The zero-order valence-electron chi connectivity index (χ0n) is 11.5. The quantitative estimate of drug-likeness (QED) is 0.831. The van der Waals surface area contributed by atoms with E-state index in [2.05, 4.69) is 23.5 Å². The molecule has 0 aliphatic rings. The van der Waals surface area contributed by atoms with Crippen LogP contribution in [0.15, 0.2) is 42.7 Å². The summed E-state index contributed by atoms with van der Waals surface area (Å²) >= 11 is 0. The average molecular weight is 259 g/mol. The molecule has 1 aromatic heterocycles. The van der Waals surface area contributed by atoms with Crippen molar-refractivity contribution in [3.05, 3.63) is 48.3 Å². The third kappa shape index (κ3) is 3.83. The average Bonchev–Trinajstić information content (AvgIpc) is 2.90. The first-order valence-electron chi connectivity index (χ1n) is 6.71. The first kappa shape index (κ1) is 13.6. The molecule has 0 amide bonds. The predicted octanol–water partition coefficient (Wildman–Crippen LogP) is 2.63. The summed E-state index contributed by atoms with van der Waals surface area (Å²) in [6.45, 7) is 3.70. The zero-order chi connectivity index (χ0) is 13.5. The van der Waals surface area contributed by atoms with Gasteiger partial charge in [-0.05, 0) is 25.6 Å². The lowest BCUT2D eigenvalue weighted by Crippen LogP contribution is -2.22. The van der Waals surface area contributed by atoms with Gasteiger partial charge in [-0.3, -0.25) is 4.68 Å². The number of rotatable bonds is 7. The molecule has 0 bridgehead atoms. The molecule has 0 spiro atoms. The van der Waals surface area contributed by atoms with Gasteiger partial charge in [0.2, 0.25) is 0 Å². The molecule has 2 aromatic rings. The number of likely N-dealkylation sites (N-methyl/N-ethyl adjacent to an activating group) is 1. The molecule has 0 saturated carbocycles. The lowest BCUT2D eigenvalue weighted by molar-refractivity contribution is 0.273. The number of ether oxygens (including phenoxy) is 1. The highest BCUT2D eigenvalue weighted by atomic mass is 16.5. The van der Waals surface area contributed by atoms with Crippen LogP contribution in [0.5, 0.6) is 5.75 Å². The minimum Gasteiger partial charge on any atom is -0.492 e. The molecular formula is C15H21N3O. The van der Waals surface area contributed by atoms with Crippen molar-refractivity contribution in [1.82, 2.24) is 15.1 Å². The summed E-state index contributed by atoms with van der Waals surface area (Å²) in [7, 11) is 1.94. The number of hydrogen-bond acceptors (Lipinski definition) is 3. The van der Waals surface area contributed by atoms with Crippen LogP contribution in [0, 0.1) is 0 Å². The third-order valence-electron chi connectivity index (χ3n) is 3.02. The van der Waals surface area contributed by atoms with Crippen molar-refractivity contribution in [3.63, 3.8) is 0 Å². The van der Waals surface area contributed by atoms with Crippen molar-refractivity contribution >= 4 is 0 Å². The van der Waals surface area contributed by atoms with Gasteiger partial charge in [0.05, 0.1) is 12.2 Å². The molecule has 0 aliphatic carbocycles. The molecule has 0 fully saturated rings. The van der Waals surface area contributed by atoms with Gasteiger partial charge < -0.3 is 10.1 Å². The van der Waals surface area contributed by atoms with Crippen molar-refractivity contribution in [3.8, 4) is 5.75 Å². The second-order valence-corrected chi connectivity index (χ2v) is 4.50. The molecule has 2 rings (SSSR count). The fourth-order valence-electron chi connectivity index (χ4n) is 1.95. The third-order valence-corrected chi connectivity index (χ3v) is 3.02. The fourth-order valence-corrected chi connectivity index (χ4v) is 1.95. The van der Waals surface area contributed by atoms with E-state index >= 15 is 0 Å². The second kappa shape index (κ2) is 6.95. The molecule has 102 valence electrons. The Hall–Kier alpha value is -1.81. The summed E-state index contributed by atoms with van der Waals surface area (Å²) < 4.78 is 7.76. The number of nitrogens with one attached hydrogen (secondary N) is 1. The van der Waals surface area contributed by atoms with Crippen LogP contribution in [0.1, 0.15) is 24.9 Å². The Labute approximate surface area is 114 Å². The maximum absolute atomic E-state index is 5.78. The molecular weight excluding hydrogens is 238 g/mol. The van der Waals surface area contributed by atoms with Gasteiger partial charge in [0.1, 0.15) is 12.4 Å². The van der Waals surface area contributed by atoms with Gasteiger partial charge in [0.15, 0.2) is 0 Å². The summed E-state index contributed by atoms with van der Waals surface area (Å²) in [5.74, 6) is 0.892. The molecule has 1 atom stereocenters. The first-order chi connectivity index (χ1) is 9.33. The van der Waals surface area contributed by atoms with Gasteiger partial charge in [0.25, 0.3) is 0 Å². The highest BCUT2D eigenvalue weighted by Gasteiger charge is 2.12. The minimum absolute atomic E-state index is 0.158. The number of para-hydroxylation sites is 1. The van der Waals surface area contributed by atoms with Crippen LogP contribution < -0.4 is 10.1 Å². The van der Waals surface area contributed by atoms with E-state index in [-0.39, 0.29) is 6.04 Å². The Morgan fingerprint density at radius 2 is 2.11 bits per heavy atom. The number of hydrogen-bond donors (Lipinski definition) is 1. The van der Waals surface area contributed by atoms with Crippen LogP contribution in [0.4, 0.5) is 0 Å². The Morgan fingerprint density at radius 1 is 1.32 bits per heavy atom. The number of aryl methyl sites for hydroxylation is 1. The van der Waals surface area contributed by atoms with E-state index in [9.17, 15) is 0 Å². The largest absolute Gasteiger partial charge is 0.492 e. The SMILES string of the molecule is CCCn1cc(C(COc2ccccc2)NC)cn1. The highest BCUT2D eigenvalue weighted by Crippen LogP contribution is 2.15. The van der Waals surface area contributed by atoms with Crippen molar-refractivity contribution in [2.75, 3.05) is 13.7 Å². The lowest BCUT2D eigenvalue weighted by atomic mass is 10.2. The maximum Gasteiger partial charge on any atom is 0.119 e. The maximum atomic E-state index is 5.78. The fraction of sp³-hybridized carbons (Fsp3) is 0.400. The van der Waals surface area contributed by atoms with Crippen molar-refractivity contribution in [2.45, 2.75) is 25.9 Å². The Bertz CT molecular complexity index is 481. The molecule has 1 heterocycles. The standard InChI is InChI=1S/C15H21N3O/c1-3-9-18-11-13(10-17-18)15(16-2)12-19-14-7-5-4-6-8-14/h4-8,10-11,15-16H,3,9,12H2,1-2H3. The zero-order valence-corrected chi connectivity index (χ0v) is 11.5. The monoisotopic (exact) mass is 259 g/mol. The number of aromatic nitrogens is 2. The smallest absolute Gasteiger partial charge is 0.119 e. The molecule has 0 aliphatic heterocycles. The van der Waals surface area contributed by atoms with E-state index < -0.39 is 0 Å². The van der Waals surface area contributed by atoms with Crippen molar-refractivity contribution in [1.29, 1.82) is 0 Å². The van der Waals surface area contributed by atoms with Gasteiger partial charge in [-0.25, -0.2) is 0 Å². The van der Waals surface area contributed by atoms with E-state index in [4.69, 9.17) is 4.74 Å².